The predicted molar refractivity (Wildman–Crippen MR) is 143 cm³/mol. The van der Waals surface area contributed by atoms with Crippen molar-refractivity contribution in [1.29, 1.82) is 0 Å². The third-order valence-electron chi connectivity index (χ3n) is 7.05. The van der Waals surface area contributed by atoms with Crippen LogP contribution < -0.4 is 5.32 Å². The van der Waals surface area contributed by atoms with E-state index >= 15 is 0 Å². The van der Waals surface area contributed by atoms with Gasteiger partial charge in [-0.25, -0.2) is 9.37 Å². The number of benzene rings is 3. The Hall–Kier alpha value is -4.06. The van der Waals surface area contributed by atoms with Crippen LogP contribution in [0.3, 0.4) is 0 Å². The van der Waals surface area contributed by atoms with E-state index in [4.69, 9.17) is 4.98 Å². The summed E-state index contributed by atoms with van der Waals surface area (Å²) in [6, 6.07) is 23.9. The fraction of sp³-hybridized carbons (Fsp3) is 0.258. The summed E-state index contributed by atoms with van der Waals surface area (Å²) in [5.41, 5.74) is 4.98. The van der Waals surface area contributed by atoms with Gasteiger partial charge in [0, 0.05) is 37.0 Å². The molecule has 1 heterocycles. The summed E-state index contributed by atoms with van der Waals surface area (Å²) in [5.74, 6) is -0.201. The third kappa shape index (κ3) is 5.53. The van der Waals surface area contributed by atoms with Gasteiger partial charge in [-0.3, -0.25) is 9.59 Å². The Kier molecular flexibility index (Phi) is 6.99. The first-order chi connectivity index (χ1) is 17.9. The van der Waals surface area contributed by atoms with E-state index in [1.54, 1.807) is 18.0 Å². The number of fused-ring (bicyclic) bond motifs is 1. The number of halogens is 1. The van der Waals surface area contributed by atoms with Crippen LogP contribution in [0.25, 0.3) is 22.2 Å². The maximum atomic E-state index is 14.0. The van der Waals surface area contributed by atoms with Crippen molar-refractivity contribution >= 4 is 22.7 Å². The Bertz CT molecular complexity index is 1450. The summed E-state index contributed by atoms with van der Waals surface area (Å²) in [6.45, 7) is 1.86. The van der Waals surface area contributed by atoms with Crippen LogP contribution in [0.1, 0.15) is 42.5 Å². The highest BCUT2D eigenvalue weighted by Crippen LogP contribution is 2.41. The smallest absolute Gasteiger partial charge is 0.224 e. The lowest BCUT2D eigenvalue weighted by Crippen LogP contribution is -2.32. The third-order valence-corrected chi connectivity index (χ3v) is 7.05. The molecule has 5 nitrogen and oxygen atoms in total. The van der Waals surface area contributed by atoms with Crippen LogP contribution >= 0.6 is 0 Å². The number of aromatic nitrogens is 1. The zero-order valence-electron chi connectivity index (χ0n) is 21.1. The van der Waals surface area contributed by atoms with Crippen LogP contribution in [-0.2, 0) is 22.6 Å². The lowest BCUT2D eigenvalue weighted by molar-refractivity contribution is -0.128. The first-order valence-corrected chi connectivity index (χ1v) is 12.6. The average Bonchev–Trinajstić information content (AvgIpc) is 3.74. The van der Waals surface area contributed by atoms with E-state index in [0.29, 0.717) is 12.5 Å². The lowest BCUT2D eigenvalue weighted by atomic mass is 9.93. The second-order valence-corrected chi connectivity index (χ2v) is 9.79. The van der Waals surface area contributed by atoms with Gasteiger partial charge in [-0.15, -0.1) is 0 Å². The zero-order valence-corrected chi connectivity index (χ0v) is 21.1. The standard InChI is InChI=1S/C31H30FN3O2/c1-20(36)35(2)19-27-26(18-29(37)34-30(22-15-16-22)23-11-8-12-24(32)17-23)25-13-6-7-14-28(25)33-31(27)21-9-4-3-5-10-21/h3-14,17,22,30H,15-16,18-19H2,1-2H3,(H,34,37)/t30-/m0/s1. The van der Waals surface area contributed by atoms with E-state index in [9.17, 15) is 14.0 Å². The van der Waals surface area contributed by atoms with Crippen molar-refractivity contribution in [2.24, 2.45) is 5.92 Å². The zero-order chi connectivity index (χ0) is 25.9. The minimum atomic E-state index is -0.306. The quantitative estimate of drug-likeness (QED) is 0.335. The van der Waals surface area contributed by atoms with Crippen molar-refractivity contribution < 1.29 is 14.0 Å². The molecule has 2 amide bonds. The largest absolute Gasteiger partial charge is 0.349 e. The maximum Gasteiger partial charge on any atom is 0.224 e. The van der Waals surface area contributed by atoms with E-state index in [1.807, 2.05) is 60.7 Å². The fourth-order valence-electron chi connectivity index (χ4n) is 4.86. The van der Waals surface area contributed by atoms with Crippen LogP contribution in [0.2, 0.25) is 0 Å². The van der Waals surface area contributed by atoms with Crippen molar-refractivity contribution in [3.8, 4) is 11.3 Å². The van der Waals surface area contributed by atoms with Gasteiger partial charge in [-0.05, 0) is 48.1 Å². The van der Waals surface area contributed by atoms with Gasteiger partial charge in [0.05, 0.1) is 23.7 Å². The number of rotatable bonds is 8. The minimum Gasteiger partial charge on any atom is -0.349 e. The molecule has 0 spiro atoms. The molecule has 6 heteroatoms. The molecular formula is C31H30FN3O2. The van der Waals surface area contributed by atoms with Crippen molar-refractivity contribution in [2.45, 2.75) is 38.8 Å². The number of nitrogens with zero attached hydrogens (tertiary/aromatic N) is 2. The van der Waals surface area contributed by atoms with E-state index in [2.05, 4.69) is 5.32 Å². The molecule has 1 aliphatic rings. The molecule has 188 valence electrons. The topological polar surface area (TPSA) is 62.3 Å². The Morgan fingerprint density at radius 1 is 1.00 bits per heavy atom. The van der Waals surface area contributed by atoms with Crippen LogP contribution in [0.5, 0.6) is 0 Å². The number of carbonyl (C=O) groups is 2. The average molecular weight is 496 g/mol. The Morgan fingerprint density at radius 2 is 1.73 bits per heavy atom. The van der Waals surface area contributed by atoms with Gasteiger partial charge in [0.15, 0.2) is 0 Å². The van der Waals surface area contributed by atoms with Crippen molar-refractivity contribution in [3.05, 3.63) is 101 Å². The molecule has 0 bridgehead atoms. The highest BCUT2D eigenvalue weighted by Gasteiger charge is 2.34. The number of amides is 2. The first-order valence-electron chi connectivity index (χ1n) is 12.6. The number of carbonyl (C=O) groups excluding carboxylic acids is 2. The van der Waals surface area contributed by atoms with Crippen LogP contribution in [-0.4, -0.2) is 28.7 Å². The van der Waals surface area contributed by atoms with Crippen LogP contribution in [0.4, 0.5) is 4.39 Å². The molecule has 1 aliphatic carbocycles. The molecule has 0 radical (unpaired) electrons. The number of hydrogen-bond acceptors (Lipinski definition) is 3. The monoisotopic (exact) mass is 495 g/mol. The van der Waals surface area contributed by atoms with E-state index in [0.717, 1.165) is 51.7 Å². The van der Waals surface area contributed by atoms with E-state index in [-0.39, 0.29) is 30.1 Å². The number of pyridine rings is 1. The first kappa shape index (κ1) is 24.6. The van der Waals surface area contributed by atoms with Crippen molar-refractivity contribution in [1.82, 2.24) is 15.2 Å². The van der Waals surface area contributed by atoms with Crippen molar-refractivity contribution in [3.63, 3.8) is 0 Å². The van der Waals surface area contributed by atoms with Gasteiger partial charge in [0.2, 0.25) is 11.8 Å². The molecule has 37 heavy (non-hydrogen) atoms. The van der Waals surface area contributed by atoms with Crippen LogP contribution in [0.15, 0.2) is 78.9 Å². The molecule has 5 rings (SSSR count). The second-order valence-electron chi connectivity index (χ2n) is 9.79. The molecule has 0 saturated heterocycles. The van der Waals surface area contributed by atoms with Gasteiger partial charge < -0.3 is 10.2 Å². The van der Waals surface area contributed by atoms with E-state index in [1.165, 1.54) is 19.1 Å². The molecule has 0 aliphatic heterocycles. The maximum absolute atomic E-state index is 14.0. The van der Waals surface area contributed by atoms with Crippen molar-refractivity contribution in [2.75, 3.05) is 7.05 Å². The Balaban J connectivity index is 1.57. The summed E-state index contributed by atoms with van der Waals surface area (Å²) < 4.78 is 14.0. The summed E-state index contributed by atoms with van der Waals surface area (Å²) >= 11 is 0. The summed E-state index contributed by atoms with van der Waals surface area (Å²) in [4.78, 5) is 32.4. The SMILES string of the molecule is CC(=O)N(C)Cc1c(-c2ccccc2)nc2ccccc2c1CC(=O)N[C@H](c1cccc(F)c1)C1CC1. The van der Waals surface area contributed by atoms with Gasteiger partial charge in [-0.1, -0.05) is 60.7 Å². The summed E-state index contributed by atoms with van der Waals surface area (Å²) in [5, 5.41) is 4.08. The molecule has 1 atom stereocenters. The normalized spacial score (nSPS) is 13.8. The molecule has 4 aromatic rings. The lowest BCUT2D eigenvalue weighted by Gasteiger charge is -2.23. The molecule has 1 N–H and O–H groups in total. The number of nitrogens with one attached hydrogen (secondary N) is 1. The molecule has 3 aromatic carbocycles. The highest BCUT2D eigenvalue weighted by molar-refractivity contribution is 5.92. The van der Waals surface area contributed by atoms with E-state index < -0.39 is 0 Å². The predicted octanol–water partition coefficient (Wildman–Crippen LogP) is 5.83. The fourth-order valence-corrected chi connectivity index (χ4v) is 4.86. The van der Waals surface area contributed by atoms with Crippen LogP contribution in [0, 0.1) is 11.7 Å². The minimum absolute atomic E-state index is 0.0672. The highest BCUT2D eigenvalue weighted by atomic mass is 19.1. The van der Waals surface area contributed by atoms with Gasteiger partial charge in [-0.2, -0.15) is 0 Å². The summed E-state index contributed by atoms with van der Waals surface area (Å²) in [7, 11) is 1.75. The Morgan fingerprint density at radius 3 is 2.43 bits per heavy atom. The number of hydrogen-bond donors (Lipinski definition) is 1. The van der Waals surface area contributed by atoms with Gasteiger partial charge >= 0.3 is 0 Å². The Labute approximate surface area is 216 Å². The molecule has 1 fully saturated rings. The molecule has 1 aromatic heterocycles. The van der Waals surface area contributed by atoms with Gasteiger partial charge in [0.1, 0.15) is 5.82 Å². The second kappa shape index (κ2) is 10.5. The number of para-hydroxylation sites is 1. The molecular weight excluding hydrogens is 465 g/mol. The molecule has 1 saturated carbocycles. The molecule has 0 unspecified atom stereocenters. The van der Waals surface area contributed by atoms with Gasteiger partial charge in [0.25, 0.3) is 0 Å². The summed E-state index contributed by atoms with van der Waals surface area (Å²) in [6.07, 6.45) is 2.14.